The van der Waals surface area contributed by atoms with E-state index in [2.05, 4.69) is 22.1 Å². The van der Waals surface area contributed by atoms with E-state index in [1.807, 2.05) is 36.0 Å². The normalized spacial score (nSPS) is 15.5. The SMILES string of the molecule is O=C(NCCSC1CCOCC1)c1ccc(-c2ccsc2)cc1. The van der Waals surface area contributed by atoms with Crippen LogP contribution in [-0.2, 0) is 4.74 Å². The molecule has 1 N–H and O–H groups in total. The van der Waals surface area contributed by atoms with Crippen LogP contribution < -0.4 is 5.32 Å². The quantitative estimate of drug-likeness (QED) is 0.801. The predicted molar refractivity (Wildman–Crippen MR) is 98.4 cm³/mol. The number of rotatable bonds is 6. The standard InChI is InChI=1S/C18H21NO2S2/c20-18(19-8-12-23-17-5-9-21-10-6-17)15-3-1-14(2-4-15)16-7-11-22-13-16/h1-4,7,11,13,17H,5-6,8-10,12H2,(H,19,20). The molecule has 0 aliphatic carbocycles. The second kappa shape index (κ2) is 8.52. The van der Waals surface area contributed by atoms with Gasteiger partial charge in [0.05, 0.1) is 0 Å². The molecule has 3 rings (SSSR count). The van der Waals surface area contributed by atoms with E-state index < -0.39 is 0 Å². The molecule has 0 saturated carbocycles. The zero-order chi connectivity index (χ0) is 15.9. The molecule has 1 aliphatic rings. The molecule has 1 saturated heterocycles. The smallest absolute Gasteiger partial charge is 0.251 e. The summed E-state index contributed by atoms with van der Waals surface area (Å²) in [5.41, 5.74) is 3.08. The minimum absolute atomic E-state index is 0.00875. The zero-order valence-corrected chi connectivity index (χ0v) is 14.6. The number of nitrogens with one attached hydrogen (secondary N) is 1. The molecule has 3 nitrogen and oxygen atoms in total. The summed E-state index contributed by atoms with van der Waals surface area (Å²) in [6.45, 7) is 2.47. The number of carbonyl (C=O) groups excluding carboxylic acids is 1. The lowest BCUT2D eigenvalue weighted by molar-refractivity contribution is 0.0955. The van der Waals surface area contributed by atoms with Gasteiger partial charge in [-0.25, -0.2) is 0 Å². The third kappa shape index (κ3) is 4.83. The van der Waals surface area contributed by atoms with Gasteiger partial charge in [-0.1, -0.05) is 12.1 Å². The molecule has 0 atom stereocenters. The average molecular weight is 348 g/mol. The molecule has 2 aromatic rings. The Hall–Kier alpha value is -1.30. The topological polar surface area (TPSA) is 38.3 Å². The lowest BCUT2D eigenvalue weighted by Gasteiger charge is -2.21. The molecule has 1 amide bonds. The van der Waals surface area contributed by atoms with E-state index in [1.54, 1.807) is 11.3 Å². The van der Waals surface area contributed by atoms with Gasteiger partial charge >= 0.3 is 0 Å². The minimum Gasteiger partial charge on any atom is -0.381 e. The molecule has 0 spiro atoms. The first-order chi connectivity index (χ1) is 11.3. The Kier molecular flexibility index (Phi) is 6.13. The third-order valence-corrected chi connectivity index (χ3v) is 5.98. The highest BCUT2D eigenvalue weighted by Crippen LogP contribution is 2.23. The molecule has 1 aromatic heterocycles. The molecule has 1 aliphatic heterocycles. The van der Waals surface area contributed by atoms with Gasteiger partial charge in [0, 0.05) is 36.3 Å². The lowest BCUT2D eigenvalue weighted by atomic mass is 10.1. The van der Waals surface area contributed by atoms with Gasteiger partial charge < -0.3 is 10.1 Å². The molecule has 1 fully saturated rings. The maximum absolute atomic E-state index is 12.2. The van der Waals surface area contributed by atoms with Crippen molar-refractivity contribution in [3.8, 4) is 11.1 Å². The van der Waals surface area contributed by atoms with Crippen LogP contribution in [0.1, 0.15) is 23.2 Å². The Labute approximate surface area is 145 Å². The summed E-state index contributed by atoms with van der Waals surface area (Å²) in [6.07, 6.45) is 2.26. The predicted octanol–water partition coefficient (Wildman–Crippen LogP) is 4.06. The van der Waals surface area contributed by atoms with Gasteiger partial charge in [0.1, 0.15) is 0 Å². The summed E-state index contributed by atoms with van der Waals surface area (Å²) in [6, 6.07) is 9.90. The van der Waals surface area contributed by atoms with E-state index in [1.165, 1.54) is 5.56 Å². The van der Waals surface area contributed by atoms with Crippen LogP contribution in [-0.4, -0.2) is 36.7 Å². The summed E-state index contributed by atoms with van der Waals surface area (Å²) < 4.78 is 5.36. The van der Waals surface area contributed by atoms with Gasteiger partial charge in [-0.15, -0.1) is 0 Å². The number of thioether (sulfide) groups is 1. The molecule has 2 heterocycles. The molecule has 5 heteroatoms. The number of thiophene rings is 1. The van der Waals surface area contributed by atoms with Crippen LogP contribution in [0, 0.1) is 0 Å². The monoisotopic (exact) mass is 347 g/mol. The van der Waals surface area contributed by atoms with Gasteiger partial charge in [0.15, 0.2) is 0 Å². The molecule has 0 unspecified atom stereocenters. The minimum atomic E-state index is 0.00875. The Morgan fingerprint density at radius 3 is 2.65 bits per heavy atom. The van der Waals surface area contributed by atoms with E-state index >= 15 is 0 Å². The van der Waals surface area contributed by atoms with Gasteiger partial charge in [-0.3, -0.25) is 4.79 Å². The van der Waals surface area contributed by atoms with Crippen molar-refractivity contribution >= 4 is 29.0 Å². The van der Waals surface area contributed by atoms with Crippen LogP contribution in [0.15, 0.2) is 41.1 Å². The fourth-order valence-electron chi connectivity index (χ4n) is 2.58. The second-order valence-corrected chi connectivity index (χ2v) is 7.72. The van der Waals surface area contributed by atoms with Crippen LogP contribution in [0.5, 0.6) is 0 Å². The highest BCUT2D eigenvalue weighted by atomic mass is 32.2. The number of hydrogen-bond donors (Lipinski definition) is 1. The molecule has 1 aromatic carbocycles. The Bertz CT molecular complexity index is 604. The second-order valence-electron chi connectivity index (χ2n) is 5.53. The average Bonchev–Trinajstić information content (AvgIpc) is 3.14. The van der Waals surface area contributed by atoms with Crippen molar-refractivity contribution in [2.45, 2.75) is 18.1 Å². The number of carbonyl (C=O) groups is 1. The molecule has 0 bridgehead atoms. The van der Waals surface area contributed by atoms with E-state index in [9.17, 15) is 4.79 Å². The molecule has 122 valence electrons. The maximum atomic E-state index is 12.2. The first-order valence-electron chi connectivity index (χ1n) is 7.93. The van der Waals surface area contributed by atoms with Crippen molar-refractivity contribution in [2.24, 2.45) is 0 Å². The largest absolute Gasteiger partial charge is 0.381 e. The van der Waals surface area contributed by atoms with Crippen molar-refractivity contribution in [2.75, 3.05) is 25.5 Å². The summed E-state index contributed by atoms with van der Waals surface area (Å²) in [4.78, 5) is 12.2. The molecular formula is C18H21NO2S2. The summed E-state index contributed by atoms with van der Waals surface area (Å²) in [5, 5.41) is 7.86. The van der Waals surface area contributed by atoms with Crippen molar-refractivity contribution in [1.82, 2.24) is 5.32 Å². The number of benzene rings is 1. The highest BCUT2D eigenvalue weighted by molar-refractivity contribution is 7.99. The fraction of sp³-hybridized carbons (Fsp3) is 0.389. The number of amides is 1. The highest BCUT2D eigenvalue weighted by Gasteiger charge is 2.13. The Morgan fingerprint density at radius 1 is 1.17 bits per heavy atom. The number of hydrogen-bond acceptors (Lipinski definition) is 4. The van der Waals surface area contributed by atoms with Gasteiger partial charge in [0.2, 0.25) is 0 Å². The van der Waals surface area contributed by atoms with Crippen molar-refractivity contribution < 1.29 is 9.53 Å². The van der Waals surface area contributed by atoms with Crippen molar-refractivity contribution in [3.05, 3.63) is 46.7 Å². The van der Waals surface area contributed by atoms with E-state index in [-0.39, 0.29) is 5.91 Å². The van der Waals surface area contributed by atoms with Crippen LogP contribution in [0.25, 0.3) is 11.1 Å². The first kappa shape index (κ1) is 16.6. The van der Waals surface area contributed by atoms with Crippen LogP contribution in [0.4, 0.5) is 0 Å². The Balaban J connectivity index is 1.43. The van der Waals surface area contributed by atoms with E-state index in [4.69, 9.17) is 4.74 Å². The van der Waals surface area contributed by atoms with Crippen molar-refractivity contribution in [3.63, 3.8) is 0 Å². The van der Waals surface area contributed by atoms with Crippen molar-refractivity contribution in [1.29, 1.82) is 0 Å². The maximum Gasteiger partial charge on any atom is 0.251 e. The fourth-order valence-corrected chi connectivity index (χ4v) is 4.32. The van der Waals surface area contributed by atoms with Crippen LogP contribution >= 0.6 is 23.1 Å². The summed E-state index contributed by atoms with van der Waals surface area (Å²) >= 11 is 3.62. The van der Waals surface area contributed by atoms with Crippen LogP contribution in [0.3, 0.4) is 0 Å². The van der Waals surface area contributed by atoms with E-state index in [0.717, 1.165) is 42.9 Å². The third-order valence-electron chi connectivity index (χ3n) is 3.91. The molecular weight excluding hydrogens is 326 g/mol. The Morgan fingerprint density at radius 2 is 1.96 bits per heavy atom. The summed E-state index contributed by atoms with van der Waals surface area (Å²) in [5.74, 6) is 0.970. The molecule has 23 heavy (non-hydrogen) atoms. The van der Waals surface area contributed by atoms with Crippen LogP contribution in [0.2, 0.25) is 0 Å². The first-order valence-corrected chi connectivity index (χ1v) is 9.92. The van der Waals surface area contributed by atoms with Gasteiger partial charge in [-0.05, 0) is 52.9 Å². The lowest BCUT2D eigenvalue weighted by Crippen LogP contribution is -2.27. The molecule has 0 radical (unpaired) electrons. The van der Waals surface area contributed by atoms with Gasteiger partial charge in [0.25, 0.3) is 5.91 Å². The number of ether oxygens (including phenoxy) is 1. The zero-order valence-electron chi connectivity index (χ0n) is 13.0. The van der Waals surface area contributed by atoms with Gasteiger partial charge in [-0.2, -0.15) is 23.1 Å². The summed E-state index contributed by atoms with van der Waals surface area (Å²) in [7, 11) is 0. The van der Waals surface area contributed by atoms with E-state index in [0.29, 0.717) is 11.8 Å².